The standard InChI is InChI=1S/C19H37N3/c1-18(2,3)20-11-9-15(10-12-20)22-16-7-8-17(22)14-21(13-16)19(4,5)6/h15-17H,7-14H2,1-6H3. The monoisotopic (exact) mass is 307 g/mol. The largest absolute Gasteiger partial charge is 0.298 e. The third-order valence-electron chi connectivity index (χ3n) is 6.32. The Hall–Kier alpha value is -0.120. The van der Waals surface area contributed by atoms with E-state index in [9.17, 15) is 0 Å². The Balaban J connectivity index is 1.61. The average molecular weight is 308 g/mol. The van der Waals surface area contributed by atoms with Crippen LogP contribution in [-0.4, -0.2) is 70.1 Å². The molecule has 0 aliphatic carbocycles. The molecule has 0 aromatic rings. The lowest BCUT2D eigenvalue weighted by atomic mass is 9.94. The molecule has 0 N–H and O–H groups in total. The maximum atomic E-state index is 2.95. The molecule has 3 heterocycles. The highest BCUT2D eigenvalue weighted by molar-refractivity contribution is 5.02. The van der Waals surface area contributed by atoms with E-state index >= 15 is 0 Å². The van der Waals surface area contributed by atoms with Gasteiger partial charge in [-0.3, -0.25) is 14.7 Å². The van der Waals surface area contributed by atoms with Crippen molar-refractivity contribution in [2.75, 3.05) is 26.2 Å². The fraction of sp³-hybridized carbons (Fsp3) is 1.00. The van der Waals surface area contributed by atoms with E-state index in [1.807, 2.05) is 0 Å². The fourth-order valence-corrected chi connectivity index (χ4v) is 4.91. The molecule has 128 valence electrons. The molecule has 3 aliphatic rings. The van der Waals surface area contributed by atoms with E-state index in [0.29, 0.717) is 11.1 Å². The molecular weight excluding hydrogens is 270 g/mol. The second kappa shape index (κ2) is 5.75. The molecule has 0 aromatic heterocycles. The fourth-order valence-electron chi connectivity index (χ4n) is 4.91. The summed E-state index contributed by atoms with van der Waals surface area (Å²) >= 11 is 0. The number of rotatable bonds is 1. The summed E-state index contributed by atoms with van der Waals surface area (Å²) in [5.74, 6) is 0. The van der Waals surface area contributed by atoms with E-state index in [1.165, 1.54) is 51.9 Å². The third kappa shape index (κ3) is 3.22. The first-order valence-electron chi connectivity index (χ1n) is 9.44. The first-order valence-corrected chi connectivity index (χ1v) is 9.44. The van der Waals surface area contributed by atoms with Gasteiger partial charge in [0.1, 0.15) is 0 Å². The zero-order chi connectivity index (χ0) is 16.1. The van der Waals surface area contributed by atoms with Gasteiger partial charge in [0.25, 0.3) is 0 Å². The Morgan fingerprint density at radius 1 is 0.591 bits per heavy atom. The molecule has 3 nitrogen and oxygen atoms in total. The topological polar surface area (TPSA) is 9.72 Å². The van der Waals surface area contributed by atoms with Crippen molar-refractivity contribution in [3.63, 3.8) is 0 Å². The molecule has 3 fully saturated rings. The Morgan fingerprint density at radius 3 is 1.45 bits per heavy atom. The first-order chi connectivity index (χ1) is 10.2. The molecule has 0 saturated carbocycles. The highest BCUT2D eigenvalue weighted by Crippen LogP contribution is 2.37. The lowest BCUT2D eigenvalue weighted by molar-refractivity contribution is -0.0297. The van der Waals surface area contributed by atoms with Gasteiger partial charge in [-0.1, -0.05) is 0 Å². The molecule has 2 bridgehead atoms. The van der Waals surface area contributed by atoms with Crippen LogP contribution < -0.4 is 0 Å². The van der Waals surface area contributed by atoms with Crippen LogP contribution in [-0.2, 0) is 0 Å². The first kappa shape index (κ1) is 16.7. The molecule has 2 atom stereocenters. The number of hydrogen-bond donors (Lipinski definition) is 0. The maximum Gasteiger partial charge on any atom is 0.0230 e. The molecule has 0 spiro atoms. The number of likely N-dealkylation sites (tertiary alicyclic amines) is 2. The summed E-state index contributed by atoms with van der Waals surface area (Å²) in [5, 5.41) is 0. The molecule has 3 saturated heterocycles. The highest BCUT2D eigenvalue weighted by Gasteiger charge is 2.46. The van der Waals surface area contributed by atoms with E-state index in [2.05, 4.69) is 56.2 Å². The number of piperazine rings is 1. The number of hydrogen-bond acceptors (Lipinski definition) is 3. The minimum Gasteiger partial charge on any atom is -0.298 e. The average Bonchev–Trinajstić information content (AvgIpc) is 2.66. The summed E-state index contributed by atoms with van der Waals surface area (Å²) in [6.07, 6.45) is 5.60. The van der Waals surface area contributed by atoms with Crippen LogP contribution in [0.3, 0.4) is 0 Å². The summed E-state index contributed by atoms with van der Waals surface area (Å²) in [6, 6.07) is 2.49. The van der Waals surface area contributed by atoms with Gasteiger partial charge in [0.15, 0.2) is 0 Å². The van der Waals surface area contributed by atoms with E-state index in [-0.39, 0.29) is 0 Å². The lowest BCUT2D eigenvalue weighted by Gasteiger charge is -2.51. The second-order valence-electron chi connectivity index (χ2n) is 9.80. The van der Waals surface area contributed by atoms with Crippen molar-refractivity contribution >= 4 is 0 Å². The van der Waals surface area contributed by atoms with Crippen molar-refractivity contribution in [2.24, 2.45) is 0 Å². The summed E-state index contributed by atoms with van der Waals surface area (Å²) < 4.78 is 0. The zero-order valence-electron chi connectivity index (χ0n) is 15.7. The minimum absolute atomic E-state index is 0.336. The van der Waals surface area contributed by atoms with Crippen molar-refractivity contribution < 1.29 is 0 Å². The lowest BCUT2D eigenvalue weighted by Crippen LogP contribution is -2.62. The molecule has 3 heteroatoms. The molecule has 2 unspecified atom stereocenters. The number of nitrogens with zero attached hydrogens (tertiary/aromatic N) is 3. The van der Waals surface area contributed by atoms with Crippen molar-refractivity contribution in [1.29, 1.82) is 0 Å². The Labute approximate surface area is 138 Å². The third-order valence-corrected chi connectivity index (χ3v) is 6.32. The number of fused-ring (bicyclic) bond motifs is 2. The molecule has 0 aromatic carbocycles. The van der Waals surface area contributed by atoms with Gasteiger partial charge in [-0.2, -0.15) is 0 Å². The van der Waals surface area contributed by atoms with Crippen molar-refractivity contribution in [1.82, 2.24) is 14.7 Å². The molecule has 22 heavy (non-hydrogen) atoms. The van der Waals surface area contributed by atoms with E-state index < -0.39 is 0 Å². The normalized spacial score (nSPS) is 33.5. The molecule has 3 aliphatic heterocycles. The van der Waals surface area contributed by atoms with Crippen LogP contribution in [0.2, 0.25) is 0 Å². The summed E-state index contributed by atoms with van der Waals surface area (Å²) in [5.41, 5.74) is 0.678. The molecular formula is C19H37N3. The molecule has 3 rings (SSSR count). The minimum atomic E-state index is 0.336. The number of piperidine rings is 1. The quantitative estimate of drug-likeness (QED) is 0.736. The van der Waals surface area contributed by atoms with Crippen LogP contribution >= 0.6 is 0 Å². The van der Waals surface area contributed by atoms with Crippen molar-refractivity contribution in [3.8, 4) is 0 Å². The van der Waals surface area contributed by atoms with E-state index in [0.717, 1.165) is 18.1 Å². The van der Waals surface area contributed by atoms with Gasteiger partial charge in [-0.25, -0.2) is 0 Å². The van der Waals surface area contributed by atoms with Gasteiger partial charge in [-0.05, 0) is 67.2 Å². The van der Waals surface area contributed by atoms with E-state index in [1.54, 1.807) is 0 Å². The van der Waals surface area contributed by atoms with Gasteiger partial charge < -0.3 is 0 Å². The maximum absolute atomic E-state index is 2.95. The summed E-state index contributed by atoms with van der Waals surface area (Å²) in [4.78, 5) is 8.36. The second-order valence-corrected chi connectivity index (χ2v) is 9.80. The predicted molar refractivity (Wildman–Crippen MR) is 94.3 cm³/mol. The van der Waals surface area contributed by atoms with E-state index in [4.69, 9.17) is 0 Å². The van der Waals surface area contributed by atoms with Crippen LogP contribution in [0.5, 0.6) is 0 Å². The predicted octanol–water partition coefficient (Wildman–Crippen LogP) is 3.20. The van der Waals surface area contributed by atoms with Gasteiger partial charge in [0.05, 0.1) is 0 Å². The Bertz CT molecular complexity index is 370. The van der Waals surface area contributed by atoms with Gasteiger partial charge in [0.2, 0.25) is 0 Å². The van der Waals surface area contributed by atoms with Crippen LogP contribution in [0.15, 0.2) is 0 Å². The highest BCUT2D eigenvalue weighted by atomic mass is 15.4. The molecule has 0 radical (unpaired) electrons. The Morgan fingerprint density at radius 2 is 1.05 bits per heavy atom. The SMILES string of the molecule is CC(C)(C)N1CCC(N2C3CCC2CN(C(C)(C)C)C3)CC1. The van der Waals surface area contributed by atoms with Crippen LogP contribution in [0.1, 0.15) is 67.2 Å². The van der Waals surface area contributed by atoms with Gasteiger partial charge in [0, 0.05) is 55.4 Å². The Kier molecular flexibility index (Phi) is 4.37. The molecule has 0 amide bonds. The summed E-state index contributed by atoms with van der Waals surface area (Å²) in [7, 11) is 0. The smallest absolute Gasteiger partial charge is 0.0230 e. The van der Waals surface area contributed by atoms with Crippen LogP contribution in [0.25, 0.3) is 0 Å². The van der Waals surface area contributed by atoms with Crippen LogP contribution in [0, 0.1) is 0 Å². The summed E-state index contributed by atoms with van der Waals surface area (Å²) in [6.45, 7) is 19.4. The van der Waals surface area contributed by atoms with Crippen LogP contribution in [0.4, 0.5) is 0 Å². The zero-order valence-corrected chi connectivity index (χ0v) is 15.7. The van der Waals surface area contributed by atoms with Gasteiger partial charge >= 0.3 is 0 Å². The van der Waals surface area contributed by atoms with Crippen molar-refractivity contribution in [2.45, 2.75) is 96.4 Å². The van der Waals surface area contributed by atoms with Crippen molar-refractivity contribution in [3.05, 3.63) is 0 Å². The van der Waals surface area contributed by atoms with Gasteiger partial charge in [-0.15, -0.1) is 0 Å².